The Hall–Kier alpha value is -1.00. The molecule has 0 aliphatic heterocycles. The molecular formula is C12H16F2O2. The molecule has 0 fully saturated rings. The molecule has 0 bridgehead atoms. The molecule has 16 heavy (non-hydrogen) atoms. The van der Waals surface area contributed by atoms with Gasteiger partial charge in [0.25, 0.3) is 0 Å². The van der Waals surface area contributed by atoms with E-state index in [1.165, 1.54) is 12.1 Å². The molecule has 0 aliphatic carbocycles. The molecule has 4 heteroatoms. The average molecular weight is 230 g/mol. The van der Waals surface area contributed by atoms with E-state index in [1.54, 1.807) is 0 Å². The van der Waals surface area contributed by atoms with Crippen LogP contribution < -0.4 is 0 Å². The normalized spacial score (nSPS) is 12.8. The van der Waals surface area contributed by atoms with Crippen molar-refractivity contribution in [3.63, 3.8) is 0 Å². The van der Waals surface area contributed by atoms with Crippen LogP contribution in [0.4, 0.5) is 8.78 Å². The Morgan fingerprint density at radius 1 is 1.25 bits per heavy atom. The first-order chi connectivity index (χ1) is 7.61. The van der Waals surface area contributed by atoms with Crippen LogP contribution in [0.5, 0.6) is 0 Å². The highest BCUT2D eigenvalue weighted by atomic mass is 19.1. The quantitative estimate of drug-likeness (QED) is 0.760. The van der Waals surface area contributed by atoms with E-state index < -0.39 is 17.7 Å². The van der Waals surface area contributed by atoms with Crippen LogP contribution in [0.2, 0.25) is 0 Å². The molecule has 0 aromatic heterocycles. The first kappa shape index (κ1) is 13.1. The van der Waals surface area contributed by atoms with Gasteiger partial charge in [-0.2, -0.15) is 0 Å². The molecule has 1 atom stereocenters. The lowest BCUT2D eigenvalue weighted by molar-refractivity contribution is 0.0373. The summed E-state index contributed by atoms with van der Waals surface area (Å²) in [6.07, 6.45) is 0.340. The van der Waals surface area contributed by atoms with Crippen LogP contribution in [-0.2, 0) is 11.2 Å². The zero-order valence-corrected chi connectivity index (χ0v) is 9.25. The molecule has 1 aromatic rings. The molecule has 1 rings (SSSR count). The number of aliphatic hydroxyl groups excluding tert-OH is 1. The third-order valence-electron chi connectivity index (χ3n) is 2.05. The Morgan fingerprint density at radius 3 is 2.44 bits per heavy atom. The van der Waals surface area contributed by atoms with E-state index in [0.717, 1.165) is 12.5 Å². The van der Waals surface area contributed by atoms with E-state index >= 15 is 0 Å². The van der Waals surface area contributed by atoms with Crippen molar-refractivity contribution in [2.24, 2.45) is 0 Å². The summed E-state index contributed by atoms with van der Waals surface area (Å²) in [6.45, 7) is 2.73. The summed E-state index contributed by atoms with van der Waals surface area (Å²) in [7, 11) is 0. The molecule has 0 spiro atoms. The number of benzene rings is 1. The van der Waals surface area contributed by atoms with Crippen molar-refractivity contribution in [3.05, 3.63) is 35.4 Å². The SMILES string of the molecule is CCCOCC(O)Cc1cc(F)cc(F)c1. The Bertz CT molecular complexity index is 309. The molecule has 90 valence electrons. The topological polar surface area (TPSA) is 29.5 Å². The molecule has 1 unspecified atom stereocenters. The smallest absolute Gasteiger partial charge is 0.126 e. The van der Waals surface area contributed by atoms with Crippen molar-refractivity contribution in [3.8, 4) is 0 Å². The van der Waals surface area contributed by atoms with Gasteiger partial charge in [0.1, 0.15) is 11.6 Å². The van der Waals surface area contributed by atoms with Gasteiger partial charge in [0, 0.05) is 19.1 Å². The zero-order valence-electron chi connectivity index (χ0n) is 9.25. The predicted octanol–water partition coefficient (Wildman–Crippen LogP) is 2.29. The maximum absolute atomic E-state index is 12.8. The second kappa shape index (κ2) is 6.55. The van der Waals surface area contributed by atoms with Crippen molar-refractivity contribution in [2.75, 3.05) is 13.2 Å². The fourth-order valence-electron chi connectivity index (χ4n) is 1.42. The van der Waals surface area contributed by atoms with Gasteiger partial charge in [-0.05, 0) is 24.1 Å². The average Bonchev–Trinajstić information content (AvgIpc) is 2.16. The minimum Gasteiger partial charge on any atom is -0.390 e. The fourth-order valence-corrected chi connectivity index (χ4v) is 1.42. The standard InChI is InChI=1S/C12H16F2O2/c1-2-3-16-8-12(15)6-9-4-10(13)7-11(14)5-9/h4-5,7,12,15H,2-3,6,8H2,1H3. The van der Waals surface area contributed by atoms with E-state index in [2.05, 4.69) is 0 Å². The Morgan fingerprint density at radius 2 is 1.88 bits per heavy atom. The van der Waals surface area contributed by atoms with Crippen LogP contribution in [0.15, 0.2) is 18.2 Å². The van der Waals surface area contributed by atoms with Crippen LogP contribution in [0.25, 0.3) is 0 Å². The van der Waals surface area contributed by atoms with Gasteiger partial charge in [-0.1, -0.05) is 6.92 Å². The lowest BCUT2D eigenvalue weighted by Crippen LogP contribution is -2.18. The van der Waals surface area contributed by atoms with Gasteiger partial charge in [0.15, 0.2) is 0 Å². The van der Waals surface area contributed by atoms with Crippen molar-refractivity contribution < 1.29 is 18.6 Å². The zero-order chi connectivity index (χ0) is 12.0. The maximum Gasteiger partial charge on any atom is 0.126 e. The van der Waals surface area contributed by atoms with Gasteiger partial charge in [-0.15, -0.1) is 0 Å². The number of halogens is 2. The van der Waals surface area contributed by atoms with E-state index in [1.807, 2.05) is 6.92 Å². The largest absolute Gasteiger partial charge is 0.390 e. The van der Waals surface area contributed by atoms with Crippen LogP contribution >= 0.6 is 0 Å². The second-order valence-electron chi connectivity index (χ2n) is 3.71. The second-order valence-corrected chi connectivity index (χ2v) is 3.71. The van der Waals surface area contributed by atoms with E-state index in [0.29, 0.717) is 12.2 Å². The number of hydrogen-bond donors (Lipinski definition) is 1. The fraction of sp³-hybridized carbons (Fsp3) is 0.500. The highest BCUT2D eigenvalue weighted by molar-refractivity contribution is 5.18. The Labute approximate surface area is 93.9 Å². The minimum absolute atomic E-state index is 0.186. The van der Waals surface area contributed by atoms with E-state index in [-0.39, 0.29) is 13.0 Å². The van der Waals surface area contributed by atoms with Crippen molar-refractivity contribution in [1.29, 1.82) is 0 Å². The van der Waals surface area contributed by atoms with Gasteiger partial charge in [-0.3, -0.25) is 0 Å². The molecule has 2 nitrogen and oxygen atoms in total. The highest BCUT2D eigenvalue weighted by Crippen LogP contribution is 2.10. The minimum atomic E-state index is -0.729. The molecule has 0 heterocycles. The number of ether oxygens (including phenoxy) is 1. The summed E-state index contributed by atoms with van der Waals surface area (Å²) in [5.74, 6) is -1.26. The Kier molecular flexibility index (Phi) is 5.35. The van der Waals surface area contributed by atoms with Gasteiger partial charge < -0.3 is 9.84 Å². The molecule has 0 aliphatic rings. The molecule has 1 N–H and O–H groups in total. The first-order valence-corrected chi connectivity index (χ1v) is 5.32. The molecule has 0 saturated heterocycles. The van der Waals surface area contributed by atoms with Crippen molar-refractivity contribution >= 4 is 0 Å². The monoisotopic (exact) mass is 230 g/mol. The number of aliphatic hydroxyl groups is 1. The first-order valence-electron chi connectivity index (χ1n) is 5.32. The predicted molar refractivity (Wildman–Crippen MR) is 57.2 cm³/mol. The summed E-state index contributed by atoms with van der Waals surface area (Å²) < 4.78 is 30.8. The van der Waals surface area contributed by atoms with Gasteiger partial charge in [0.05, 0.1) is 12.7 Å². The molecule has 1 aromatic carbocycles. The van der Waals surface area contributed by atoms with Crippen LogP contribution in [0, 0.1) is 11.6 Å². The van der Waals surface area contributed by atoms with Crippen LogP contribution in [0.1, 0.15) is 18.9 Å². The third-order valence-corrected chi connectivity index (χ3v) is 2.05. The third kappa shape index (κ3) is 4.68. The lowest BCUT2D eigenvalue weighted by Gasteiger charge is -2.11. The number of hydrogen-bond acceptors (Lipinski definition) is 2. The summed E-state index contributed by atoms with van der Waals surface area (Å²) in [5, 5.41) is 9.54. The molecular weight excluding hydrogens is 214 g/mol. The van der Waals surface area contributed by atoms with Gasteiger partial charge in [0.2, 0.25) is 0 Å². The van der Waals surface area contributed by atoms with Gasteiger partial charge in [-0.25, -0.2) is 8.78 Å². The van der Waals surface area contributed by atoms with Crippen molar-refractivity contribution in [2.45, 2.75) is 25.9 Å². The number of rotatable bonds is 6. The van der Waals surface area contributed by atoms with Gasteiger partial charge >= 0.3 is 0 Å². The highest BCUT2D eigenvalue weighted by Gasteiger charge is 2.08. The summed E-state index contributed by atoms with van der Waals surface area (Å²) in [4.78, 5) is 0. The summed E-state index contributed by atoms with van der Waals surface area (Å²) in [6, 6.07) is 3.24. The maximum atomic E-state index is 12.8. The van der Waals surface area contributed by atoms with Crippen LogP contribution in [-0.4, -0.2) is 24.4 Å². The summed E-state index contributed by atoms with van der Waals surface area (Å²) >= 11 is 0. The summed E-state index contributed by atoms with van der Waals surface area (Å²) in [5.41, 5.74) is 0.435. The van der Waals surface area contributed by atoms with Crippen LogP contribution in [0.3, 0.4) is 0 Å². The lowest BCUT2D eigenvalue weighted by atomic mass is 10.1. The molecule has 0 amide bonds. The van der Waals surface area contributed by atoms with E-state index in [9.17, 15) is 13.9 Å². The molecule has 0 radical (unpaired) electrons. The Balaban J connectivity index is 2.45. The molecule has 0 saturated carbocycles. The van der Waals surface area contributed by atoms with E-state index in [4.69, 9.17) is 4.74 Å². The van der Waals surface area contributed by atoms with Crippen molar-refractivity contribution in [1.82, 2.24) is 0 Å².